The summed E-state index contributed by atoms with van der Waals surface area (Å²) in [6.45, 7) is 4.05. The van der Waals surface area contributed by atoms with Crippen molar-refractivity contribution in [1.29, 1.82) is 0 Å². The normalized spacial score (nSPS) is 17.2. The van der Waals surface area contributed by atoms with Crippen molar-refractivity contribution in [3.05, 3.63) is 16.0 Å². The van der Waals surface area contributed by atoms with Crippen molar-refractivity contribution in [3.8, 4) is 5.06 Å². The van der Waals surface area contributed by atoms with E-state index in [1.807, 2.05) is 13.8 Å². The first kappa shape index (κ1) is 13.1. The molecule has 4 nitrogen and oxygen atoms in total. The van der Waals surface area contributed by atoms with Gasteiger partial charge in [-0.05, 0) is 17.4 Å². The number of ether oxygens (including phenoxy) is 2. The predicted octanol–water partition coefficient (Wildman–Crippen LogP) is 2.70. The van der Waals surface area contributed by atoms with Gasteiger partial charge in [-0.15, -0.1) is 0 Å². The van der Waals surface area contributed by atoms with Crippen LogP contribution in [0, 0.1) is 5.41 Å². The van der Waals surface area contributed by atoms with Gasteiger partial charge in [-0.2, -0.15) is 0 Å². The first-order valence-electron chi connectivity index (χ1n) is 5.71. The number of hydrogen-bond acceptors (Lipinski definition) is 5. The largest absolute Gasteiger partial charge is 0.487 e. The molecular weight excluding hydrogens is 252 g/mol. The highest BCUT2D eigenvalue weighted by molar-refractivity contribution is 7.16. The molecule has 0 amide bonds. The Morgan fingerprint density at radius 2 is 1.94 bits per heavy atom. The molecule has 0 radical (unpaired) electrons. The van der Waals surface area contributed by atoms with E-state index >= 15 is 0 Å². The SMILES string of the molecule is COC(=O)c1sc(OC)c2c1CC(C)(C)CC2=O. The summed E-state index contributed by atoms with van der Waals surface area (Å²) in [5.74, 6) is -0.352. The minimum absolute atomic E-state index is 0.0458. The molecule has 0 unspecified atom stereocenters. The van der Waals surface area contributed by atoms with E-state index in [0.29, 0.717) is 28.3 Å². The highest BCUT2D eigenvalue weighted by atomic mass is 32.1. The average Bonchev–Trinajstić information content (AvgIpc) is 2.65. The number of esters is 1. The maximum absolute atomic E-state index is 12.2. The summed E-state index contributed by atoms with van der Waals surface area (Å²) in [6.07, 6.45) is 1.17. The first-order chi connectivity index (χ1) is 8.39. The second-order valence-corrected chi connectivity index (χ2v) is 6.19. The van der Waals surface area contributed by atoms with Crippen LogP contribution in [0.1, 0.15) is 45.9 Å². The molecule has 0 aliphatic heterocycles. The number of thiophene rings is 1. The molecule has 1 aliphatic carbocycles. The molecule has 0 atom stereocenters. The molecule has 0 saturated heterocycles. The standard InChI is InChI=1S/C13H16O4S/c1-13(2)5-7-9(8(14)6-13)12(17-4)18-10(7)11(15)16-3/h5-6H2,1-4H3. The van der Waals surface area contributed by atoms with E-state index in [-0.39, 0.29) is 11.2 Å². The van der Waals surface area contributed by atoms with Crippen LogP contribution in [0.25, 0.3) is 0 Å². The lowest BCUT2D eigenvalue weighted by Crippen LogP contribution is -2.27. The Hall–Kier alpha value is -1.36. The molecule has 1 aliphatic rings. The Kier molecular flexibility index (Phi) is 3.19. The van der Waals surface area contributed by atoms with Gasteiger partial charge in [0, 0.05) is 6.42 Å². The number of Topliss-reactive ketones (excluding diaryl/α,β-unsaturated/α-hetero) is 1. The Labute approximate surface area is 110 Å². The van der Waals surface area contributed by atoms with Crippen LogP contribution in [-0.4, -0.2) is 26.0 Å². The van der Waals surface area contributed by atoms with E-state index < -0.39 is 5.97 Å². The molecular formula is C13H16O4S. The van der Waals surface area contributed by atoms with Crippen LogP contribution in [-0.2, 0) is 11.2 Å². The minimum Gasteiger partial charge on any atom is -0.487 e. The molecule has 5 heteroatoms. The summed E-state index contributed by atoms with van der Waals surface area (Å²) in [4.78, 5) is 24.4. The third kappa shape index (κ3) is 2.03. The smallest absolute Gasteiger partial charge is 0.348 e. The Bertz CT molecular complexity index is 513. The summed E-state index contributed by atoms with van der Waals surface area (Å²) in [7, 11) is 2.86. The molecule has 1 aromatic heterocycles. The first-order valence-corrected chi connectivity index (χ1v) is 6.52. The van der Waals surface area contributed by atoms with Crippen molar-refractivity contribution in [2.24, 2.45) is 5.41 Å². The monoisotopic (exact) mass is 268 g/mol. The van der Waals surface area contributed by atoms with E-state index in [1.54, 1.807) is 0 Å². The summed E-state index contributed by atoms with van der Waals surface area (Å²) in [5, 5.41) is 0.519. The van der Waals surface area contributed by atoms with Crippen molar-refractivity contribution in [2.45, 2.75) is 26.7 Å². The zero-order valence-electron chi connectivity index (χ0n) is 11.0. The Morgan fingerprint density at radius 3 is 2.50 bits per heavy atom. The highest BCUT2D eigenvalue weighted by Gasteiger charge is 2.38. The molecule has 0 spiro atoms. The van der Waals surface area contributed by atoms with Crippen LogP contribution in [0.5, 0.6) is 5.06 Å². The predicted molar refractivity (Wildman–Crippen MR) is 68.6 cm³/mol. The maximum Gasteiger partial charge on any atom is 0.348 e. The van der Waals surface area contributed by atoms with Crippen LogP contribution >= 0.6 is 11.3 Å². The van der Waals surface area contributed by atoms with Crippen molar-refractivity contribution in [2.75, 3.05) is 14.2 Å². The van der Waals surface area contributed by atoms with E-state index in [9.17, 15) is 9.59 Å². The third-order valence-corrected chi connectivity index (χ3v) is 4.28. The zero-order chi connectivity index (χ0) is 13.5. The van der Waals surface area contributed by atoms with Crippen LogP contribution in [0.15, 0.2) is 0 Å². The summed E-state index contributed by atoms with van der Waals surface area (Å²) in [6, 6.07) is 0. The fourth-order valence-electron chi connectivity index (χ4n) is 2.36. The number of rotatable bonds is 2. The quantitative estimate of drug-likeness (QED) is 0.774. The van der Waals surface area contributed by atoms with Gasteiger partial charge in [0.25, 0.3) is 0 Å². The van der Waals surface area contributed by atoms with E-state index in [4.69, 9.17) is 9.47 Å². The Morgan fingerprint density at radius 1 is 1.28 bits per heavy atom. The van der Waals surface area contributed by atoms with Crippen molar-refractivity contribution >= 4 is 23.1 Å². The summed E-state index contributed by atoms with van der Waals surface area (Å²) < 4.78 is 9.98. The lowest BCUT2D eigenvalue weighted by Gasteiger charge is -2.29. The van der Waals surface area contributed by atoms with E-state index in [2.05, 4.69) is 0 Å². The zero-order valence-corrected chi connectivity index (χ0v) is 11.8. The van der Waals surface area contributed by atoms with Crippen molar-refractivity contribution < 1.29 is 19.1 Å². The summed E-state index contributed by atoms with van der Waals surface area (Å²) in [5.41, 5.74) is 1.23. The van der Waals surface area contributed by atoms with Crippen LogP contribution in [0.2, 0.25) is 0 Å². The number of carbonyl (C=O) groups is 2. The van der Waals surface area contributed by atoms with E-state index in [1.165, 1.54) is 25.6 Å². The second kappa shape index (κ2) is 4.39. The Balaban J connectivity index is 2.60. The van der Waals surface area contributed by atoms with Gasteiger partial charge in [-0.1, -0.05) is 25.2 Å². The molecule has 18 heavy (non-hydrogen) atoms. The van der Waals surface area contributed by atoms with Gasteiger partial charge in [0.2, 0.25) is 0 Å². The van der Waals surface area contributed by atoms with E-state index in [0.717, 1.165) is 5.56 Å². The van der Waals surface area contributed by atoms with Gasteiger partial charge >= 0.3 is 5.97 Å². The molecule has 0 saturated carbocycles. The number of carbonyl (C=O) groups excluding carboxylic acids is 2. The summed E-state index contributed by atoms with van der Waals surface area (Å²) >= 11 is 1.19. The van der Waals surface area contributed by atoms with Gasteiger partial charge in [-0.25, -0.2) is 4.79 Å². The third-order valence-electron chi connectivity index (χ3n) is 3.10. The van der Waals surface area contributed by atoms with Crippen LogP contribution in [0.4, 0.5) is 0 Å². The fourth-order valence-corrected chi connectivity index (χ4v) is 3.43. The molecule has 0 aromatic carbocycles. The maximum atomic E-state index is 12.2. The van der Waals surface area contributed by atoms with Gasteiger partial charge in [0.05, 0.1) is 19.8 Å². The second-order valence-electron chi connectivity index (χ2n) is 5.21. The molecule has 0 bridgehead atoms. The van der Waals surface area contributed by atoms with Crippen molar-refractivity contribution in [1.82, 2.24) is 0 Å². The molecule has 2 rings (SSSR count). The van der Waals surface area contributed by atoms with Gasteiger partial charge in [0.1, 0.15) is 4.88 Å². The average molecular weight is 268 g/mol. The minimum atomic E-state index is -0.398. The van der Waals surface area contributed by atoms with Crippen LogP contribution in [0.3, 0.4) is 0 Å². The highest BCUT2D eigenvalue weighted by Crippen LogP contribution is 2.45. The number of ketones is 1. The van der Waals surface area contributed by atoms with Gasteiger partial charge in [-0.3, -0.25) is 4.79 Å². The lowest BCUT2D eigenvalue weighted by molar-refractivity contribution is 0.0604. The molecule has 0 fully saturated rings. The fraction of sp³-hybridized carbons (Fsp3) is 0.538. The van der Waals surface area contributed by atoms with Gasteiger partial charge in [0.15, 0.2) is 10.8 Å². The topological polar surface area (TPSA) is 52.6 Å². The molecule has 98 valence electrons. The van der Waals surface area contributed by atoms with Crippen molar-refractivity contribution in [3.63, 3.8) is 0 Å². The van der Waals surface area contributed by atoms with Crippen LogP contribution < -0.4 is 4.74 Å². The number of hydrogen-bond donors (Lipinski definition) is 0. The molecule has 1 aromatic rings. The molecule has 0 N–H and O–H groups in total. The number of fused-ring (bicyclic) bond motifs is 1. The lowest BCUT2D eigenvalue weighted by atomic mass is 9.74. The van der Waals surface area contributed by atoms with Gasteiger partial charge < -0.3 is 9.47 Å². The molecule has 1 heterocycles. The number of methoxy groups -OCH3 is 2.